The number of aromatic nitrogens is 2. The van der Waals surface area contributed by atoms with Gasteiger partial charge in [0.2, 0.25) is 0 Å². The molecule has 17 heavy (non-hydrogen) atoms. The summed E-state index contributed by atoms with van der Waals surface area (Å²) in [6, 6.07) is 0. The molecule has 0 atom stereocenters. The van der Waals surface area contributed by atoms with Crippen LogP contribution in [-0.4, -0.2) is 58.2 Å². The van der Waals surface area contributed by atoms with Crippen molar-refractivity contribution < 1.29 is 4.79 Å². The molecule has 6 heteroatoms. The molecule has 0 saturated carbocycles. The first-order valence-corrected chi connectivity index (χ1v) is 5.92. The fourth-order valence-electron chi connectivity index (χ4n) is 2.09. The smallest absolute Gasteiger partial charge is 0.276 e. The largest absolute Gasteiger partial charge is 0.396 e. The topological polar surface area (TPSA) is 67.4 Å². The molecule has 1 fully saturated rings. The number of piperazine rings is 1. The van der Waals surface area contributed by atoms with E-state index in [9.17, 15) is 4.79 Å². The molecule has 1 saturated heterocycles. The van der Waals surface area contributed by atoms with Crippen molar-refractivity contribution in [3.05, 3.63) is 11.9 Å². The predicted octanol–water partition coefficient (Wildman–Crippen LogP) is -0.220. The van der Waals surface area contributed by atoms with Gasteiger partial charge < -0.3 is 15.5 Å². The fourth-order valence-corrected chi connectivity index (χ4v) is 2.09. The Labute approximate surface area is 101 Å². The van der Waals surface area contributed by atoms with Crippen molar-refractivity contribution >= 4 is 11.6 Å². The molecular weight excluding hydrogens is 218 g/mol. The summed E-state index contributed by atoms with van der Waals surface area (Å²) in [6.07, 6.45) is 1.66. The second-order valence-corrected chi connectivity index (χ2v) is 4.33. The van der Waals surface area contributed by atoms with Crippen LogP contribution in [0.1, 0.15) is 17.4 Å². The lowest BCUT2D eigenvalue weighted by atomic mass is 10.2. The third-order valence-corrected chi connectivity index (χ3v) is 3.17. The van der Waals surface area contributed by atoms with Crippen LogP contribution in [0.3, 0.4) is 0 Å². The number of anilines is 1. The summed E-state index contributed by atoms with van der Waals surface area (Å²) in [4.78, 5) is 16.3. The minimum atomic E-state index is -0.0566. The molecule has 2 N–H and O–H groups in total. The zero-order valence-corrected chi connectivity index (χ0v) is 10.4. The van der Waals surface area contributed by atoms with E-state index in [1.165, 1.54) is 0 Å². The van der Waals surface area contributed by atoms with Gasteiger partial charge in [0.1, 0.15) is 0 Å². The molecule has 94 valence electrons. The molecule has 1 aliphatic heterocycles. The van der Waals surface area contributed by atoms with E-state index in [2.05, 4.69) is 16.9 Å². The molecule has 2 rings (SSSR count). The molecule has 1 aromatic heterocycles. The van der Waals surface area contributed by atoms with Crippen LogP contribution >= 0.6 is 0 Å². The van der Waals surface area contributed by atoms with Crippen LogP contribution < -0.4 is 5.73 Å². The Kier molecular flexibility index (Phi) is 3.33. The number of hydrogen-bond acceptors (Lipinski definition) is 4. The van der Waals surface area contributed by atoms with Crippen LogP contribution in [0.4, 0.5) is 5.69 Å². The lowest BCUT2D eigenvalue weighted by molar-refractivity contribution is 0.0638. The average molecular weight is 237 g/mol. The van der Waals surface area contributed by atoms with Crippen molar-refractivity contribution in [1.82, 2.24) is 19.6 Å². The number of likely N-dealkylation sites (N-methyl/N-ethyl adjacent to an activating group) is 1. The van der Waals surface area contributed by atoms with Gasteiger partial charge in [0.25, 0.3) is 5.91 Å². The highest BCUT2D eigenvalue weighted by Gasteiger charge is 2.24. The minimum absolute atomic E-state index is 0.0566. The molecule has 0 unspecified atom stereocenters. The van der Waals surface area contributed by atoms with Crippen molar-refractivity contribution in [3.8, 4) is 0 Å². The van der Waals surface area contributed by atoms with Crippen LogP contribution in [-0.2, 0) is 7.05 Å². The summed E-state index contributed by atoms with van der Waals surface area (Å²) >= 11 is 0. The Balaban J connectivity index is 2.04. The number of nitrogen functional groups attached to an aromatic ring is 1. The molecule has 6 nitrogen and oxygen atoms in total. The molecule has 0 bridgehead atoms. The Morgan fingerprint density at radius 2 is 2.06 bits per heavy atom. The Morgan fingerprint density at radius 1 is 1.41 bits per heavy atom. The van der Waals surface area contributed by atoms with E-state index >= 15 is 0 Å². The molecule has 1 amide bonds. The van der Waals surface area contributed by atoms with Gasteiger partial charge in [-0.05, 0) is 6.54 Å². The maximum atomic E-state index is 12.2. The molecule has 0 aromatic carbocycles. The van der Waals surface area contributed by atoms with Crippen LogP contribution in [0, 0.1) is 0 Å². The maximum absolute atomic E-state index is 12.2. The van der Waals surface area contributed by atoms with Crippen LogP contribution in [0.25, 0.3) is 0 Å². The number of hydrogen-bond donors (Lipinski definition) is 1. The van der Waals surface area contributed by atoms with Gasteiger partial charge in [-0.25, -0.2) is 0 Å². The number of carbonyl (C=O) groups excluding carboxylic acids is 1. The molecule has 2 heterocycles. The third-order valence-electron chi connectivity index (χ3n) is 3.17. The molecule has 0 aliphatic carbocycles. The number of rotatable bonds is 2. The third kappa shape index (κ3) is 2.41. The van der Waals surface area contributed by atoms with Gasteiger partial charge in [-0.2, -0.15) is 5.10 Å². The lowest BCUT2D eigenvalue weighted by Crippen LogP contribution is -2.48. The Morgan fingerprint density at radius 3 is 2.53 bits per heavy atom. The van der Waals surface area contributed by atoms with E-state index in [1.54, 1.807) is 17.9 Å². The fraction of sp³-hybridized carbons (Fsp3) is 0.636. The van der Waals surface area contributed by atoms with Gasteiger partial charge in [0.15, 0.2) is 5.69 Å². The highest BCUT2D eigenvalue weighted by atomic mass is 16.2. The standard InChI is InChI=1S/C11H19N5O/c1-3-15-4-6-16(7-5-15)11(17)10-9(12)8-14(2)13-10/h8H,3-7,12H2,1-2H3. The van der Waals surface area contributed by atoms with E-state index in [4.69, 9.17) is 5.73 Å². The summed E-state index contributed by atoms with van der Waals surface area (Å²) in [5, 5.41) is 4.11. The number of amides is 1. The first-order chi connectivity index (χ1) is 8.11. The van der Waals surface area contributed by atoms with E-state index in [0.717, 1.165) is 32.7 Å². The average Bonchev–Trinajstić information content (AvgIpc) is 2.68. The second kappa shape index (κ2) is 4.75. The van der Waals surface area contributed by atoms with Crippen molar-refractivity contribution in [2.75, 3.05) is 38.5 Å². The lowest BCUT2D eigenvalue weighted by Gasteiger charge is -2.33. The van der Waals surface area contributed by atoms with Gasteiger partial charge >= 0.3 is 0 Å². The normalized spacial score (nSPS) is 17.4. The maximum Gasteiger partial charge on any atom is 0.276 e. The zero-order chi connectivity index (χ0) is 12.4. The van der Waals surface area contributed by atoms with Gasteiger partial charge in [0.05, 0.1) is 5.69 Å². The summed E-state index contributed by atoms with van der Waals surface area (Å²) in [5.74, 6) is -0.0566. The van der Waals surface area contributed by atoms with Gasteiger partial charge in [-0.1, -0.05) is 6.92 Å². The van der Waals surface area contributed by atoms with E-state index in [0.29, 0.717) is 11.4 Å². The number of aryl methyl sites for hydroxylation is 1. The van der Waals surface area contributed by atoms with Gasteiger partial charge in [-0.15, -0.1) is 0 Å². The van der Waals surface area contributed by atoms with Gasteiger partial charge in [0, 0.05) is 39.4 Å². The van der Waals surface area contributed by atoms with E-state index in [1.807, 2.05) is 4.90 Å². The highest BCUT2D eigenvalue weighted by Crippen LogP contribution is 2.13. The minimum Gasteiger partial charge on any atom is -0.396 e. The second-order valence-electron chi connectivity index (χ2n) is 4.33. The summed E-state index contributed by atoms with van der Waals surface area (Å²) in [7, 11) is 1.77. The van der Waals surface area contributed by atoms with Crippen molar-refractivity contribution in [1.29, 1.82) is 0 Å². The SMILES string of the molecule is CCN1CCN(C(=O)c2nn(C)cc2N)CC1. The van der Waals surface area contributed by atoms with Crippen molar-refractivity contribution in [3.63, 3.8) is 0 Å². The number of nitrogens with zero attached hydrogens (tertiary/aromatic N) is 4. The monoisotopic (exact) mass is 237 g/mol. The first kappa shape index (κ1) is 11.9. The van der Waals surface area contributed by atoms with Crippen LogP contribution in [0.15, 0.2) is 6.20 Å². The number of carbonyl (C=O) groups is 1. The molecular formula is C11H19N5O. The van der Waals surface area contributed by atoms with Crippen molar-refractivity contribution in [2.24, 2.45) is 7.05 Å². The number of nitrogens with two attached hydrogens (primary N) is 1. The summed E-state index contributed by atoms with van der Waals surface area (Å²) < 4.78 is 1.57. The quantitative estimate of drug-likeness (QED) is 0.772. The van der Waals surface area contributed by atoms with Crippen LogP contribution in [0.2, 0.25) is 0 Å². The molecule has 0 radical (unpaired) electrons. The Bertz CT molecular complexity index is 406. The highest BCUT2D eigenvalue weighted by molar-refractivity contribution is 5.97. The summed E-state index contributed by atoms with van der Waals surface area (Å²) in [5.41, 5.74) is 6.59. The predicted molar refractivity (Wildman–Crippen MR) is 65.6 cm³/mol. The van der Waals surface area contributed by atoms with Crippen molar-refractivity contribution in [2.45, 2.75) is 6.92 Å². The zero-order valence-electron chi connectivity index (χ0n) is 10.4. The van der Waals surface area contributed by atoms with E-state index in [-0.39, 0.29) is 5.91 Å². The summed E-state index contributed by atoms with van der Waals surface area (Å²) in [6.45, 7) is 6.53. The first-order valence-electron chi connectivity index (χ1n) is 5.92. The molecule has 0 spiro atoms. The molecule has 1 aliphatic rings. The van der Waals surface area contributed by atoms with Crippen LogP contribution in [0.5, 0.6) is 0 Å². The molecule has 1 aromatic rings. The van der Waals surface area contributed by atoms with E-state index < -0.39 is 0 Å². The Hall–Kier alpha value is -1.56. The van der Waals surface area contributed by atoms with Gasteiger partial charge in [-0.3, -0.25) is 9.48 Å².